The highest BCUT2D eigenvalue weighted by molar-refractivity contribution is 9.10. The lowest BCUT2D eigenvalue weighted by Crippen LogP contribution is -2.32. The number of halogens is 1. The van der Waals surface area contributed by atoms with E-state index >= 15 is 0 Å². The van der Waals surface area contributed by atoms with E-state index in [2.05, 4.69) is 31.1 Å². The highest BCUT2D eigenvalue weighted by Gasteiger charge is 2.25. The van der Waals surface area contributed by atoms with Crippen LogP contribution in [0.2, 0.25) is 0 Å². The van der Waals surface area contributed by atoms with E-state index in [4.69, 9.17) is 0 Å². The molecule has 1 aromatic rings. The minimum atomic E-state index is -0.376. The van der Waals surface area contributed by atoms with Crippen molar-refractivity contribution in [2.24, 2.45) is 5.41 Å². The van der Waals surface area contributed by atoms with Gasteiger partial charge < -0.3 is 5.32 Å². The lowest BCUT2D eigenvalue weighted by atomic mass is 9.89. The minimum absolute atomic E-state index is 0.0187. The Labute approximate surface area is 145 Å². The maximum atomic E-state index is 12.3. The summed E-state index contributed by atoms with van der Waals surface area (Å²) in [6, 6.07) is 1.98. The van der Waals surface area contributed by atoms with Crippen LogP contribution in [-0.4, -0.2) is 40.4 Å². The third-order valence-electron chi connectivity index (χ3n) is 4.17. The molecule has 0 saturated carbocycles. The summed E-state index contributed by atoms with van der Waals surface area (Å²) in [4.78, 5) is 19.0. The van der Waals surface area contributed by atoms with Gasteiger partial charge in [-0.1, -0.05) is 20.8 Å². The fraction of sp³-hybridized carbons (Fsp3) is 0.625. The molecule has 1 aliphatic heterocycles. The normalized spacial score (nSPS) is 16.5. The molecule has 0 atom stereocenters. The van der Waals surface area contributed by atoms with Gasteiger partial charge in [-0.3, -0.25) is 9.69 Å². The molecular formula is C16H24BrN3OS. The lowest BCUT2D eigenvalue weighted by Gasteiger charge is -2.26. The molecule has 0 radical (unpaired) electrons. The van der Waals surface area contributed by atoms with Gasteiger partial charge in [0.15, 0.2) is 0 Å². The number of carbonyl (C=O) groups excluding carboxylic acids is 1. The Bertz CT molecular complexity index is 530. The quantitative estimate of drug-likeness (QED) is 0.837. The number of nitrogens with one attached hydrogen (secondary N) is 1. The van der Waals surface area contributed by atoms with Gasteiger partial charge in [-0.15, -0.1) is 0 Å². The fourth-order valence-electron chi connectivity index (χ4n) is 2.12. The van der Waals surface area contributed by atoms with E-state index in [0.717, 1.165) is 30.5 Å². The van der Waals surface area contributed by atoms with Crippen LogP contribution < -0.4 is 5.32 Å². The van der Waals surface area contributed by atoms with Crippen LogP contribution in [0.15, 0.2) is 16.7 Å². The number of nitrogens with zero attached hydrogens (tertiary/aromatic N) is 2. The van der Waals surface area contributed by atoms with Gasteiger partial charge in [-0.2, -0.15) is 11.8 Å². The van der Waals surface area contributed by atoms with E-state index in [1.54, 1.807) is 6.20 Å². The Morgan fingerprint density at radius 3 is 2.77 bits per heavy atom. The summed E-state index contributed by atoms with van der Waals surface area (Å²) in [6.07, 6.45) is 2.58. The van der Waals surface area contributed by atoms with Crippen molar-refractivity contribution in [2.45, 2.75) is 33.7 Å². The zero-order chi connectivity index (χ0) is 16.2. The second-order valence-electron chi connectivity index (χ2n) is 6.24. The van der Waals surface area contributed by atoms with Crippen molar-refractivity contribution in [1.82, 2.24) is 9.88 Å². The predicted octanol–water partition coefficient (Wildman–Crippen LogP) is 3.77. The number of pyridine rings is 1. The van der Waals surface area contributed by atoms with Crippen LogP contribution >= 0.6 is 27.7 Å². The second-order valence-corrected chi connectivity index (χ2v) is 8.32. The lowest BCUT2D eigenvalue weighted by molar-refractivity contribution is -0.124. The first-order chi connectivity index (χ1) is 10.4. The van der Waals surface area contributed by atoms with Crippen molar-refractivity contribution in [1.29, 1.82) is 0 Å². The Morgan fingerprint density at radius 1 is 1.45 bits per heavy atom. The first-order valence-electron chi connectivity index (χ1n) is 7.68. The van der Waals surface area contributed by atoms with Gasteiger partial charge in [0.05, 0.1) is 0 Å². The van der Waals surface area contributed by atoms with Gasteiger partial charge in [0.2, 0.25) is 5.91 Å². The number of hydrogen-bond donors (Lipinski definition) is 1. The number of aromatic nitrogens is 1. The molecule has 0 spiro atoms. The van der Waals surface area contributed by atoms with E-state index in [0.29, 0.717) is 5.82 Å². The second kappa shape index (κ2) is 7.79. The molecule has 4 nitrogen and oxygen atoms in total. The summed E-state index contributed by atoms with van der Waals surface area (Å²) in [7, 11) is 0. The van der Waals surface area contributed by atoms with Crippen LogP contribution in [0.25, 0.3) is 0 Å². The molecule has 6 heteroatoms. The number of anilines is 1. The van der Waals surface area contributed by atoms with Crippen molar-refractivity contribution in [3.8, 4) is 0 Å². The Balaban J connectivity index is 2.07. The van der Waals surface area contributed by atoms with Gasteiger partial charge in [-0.25, -0.2) is 4.98 Å². The maximum absolute atomic E-state index is 12.3. The molecule has 1 fully saturated rings. The van der Waals surface area contributed by atoms with Crippen LogP contribution in [0.5, 0.6) is 0 Å². The van der Waals surface area contributed by atoms with Crippen molar-refractivity contribution >= 4 is 39.4 Å². The van der Waals surface area contributed by atoms with E-state index in [-0.39, 0.29) is 11.3 Å². The number of carbonyl (C=O) groups is 1. The Kier molecular flexibility index (Phi) is 6.29. The van der Waals surface area contributed by atoms with Gasteiger partial charge in [0, 0.05) is 47.2 Å². The number of thioether (sulfide) groups is 1. The molecule has 2 rings (SSSR count). The average molecular weight is 386 g/mol. The fourth-order valence-corrected chi connectivity index (χ4v) is 3.44. The SMILES string of the molecule is CCC(C)(C)C(=O)Nc1cc(CN2CCSCC2)c(Br)cn1. The zero-order valence-electron chi connectivity index (χ0n) is 13.5. The molecule has 0 unspecified atom stereocenters. The largest absolute Gasteiger partial charge is 0.310 e. The van der Waals surface area contributed by atoms with Crippen molar-refractivity contribution in [3.63, 3.8) is 0 Å². The summed E-state index contributed by atoms with van der Waals surface area (Å²) in [5, 5.41) is 2.94. The van der Waals surface area contributed by atoms with Crippen LogP contribution in [0, 0.1) is 5.41 Å². The van der Waals surface area contributed by atoms with Crippen LogP contribution in [0.3, 0.4) is 0 Å². The Hall–Kier alpha value is -0.590. The van der Waals surface area contributed by atoms with Crippen LogP contribution in [-0.2, 0) is 11.3 Å². The topological polar surface area (TPSA) is 45.2 Å². The van der Waals surface area contributed by atoms with Crippen LogP contribution in [0.1, 0.15) is 32.8 Å². The maximum Gasteiger partial charge on any atom is 0.231 e. The molecule has 22 heavy (non-hydrogen) atoms. The van der Waals surface area contributed by atoms with E-state index in [9.17, 15) is 4.79 Å². The van der Waals surface area contributed by atoms with Crippen molar-refractivity contribution < 1.29 is 4.79 Å². The molecule has 0 aromatic carbocycles. The summed E-state index contributed by atoms with van der Waals surface area (Å²) in [5.41, 5.74) is 0.797. The highest BCUT2D eigenvalue weighted by Crippen LogP contribution is 2.25. The highest BCUT2D eigenvalue weighted by atomic mass is 79.9. The van der Waals surface area contributed by atoms with Gasteiger partial charge in [-0.05, 0) is 34.0 Å². The average Bonchev–Trinajstić information content (AvgIpc) is 2.51. The molecule has 1 aliphatic rings. The van der Waals surface area contributed by atoms with Crippen molar-refractivity contribution in [3.05, 3.63) is 22.3 Å². The molecule has 1 N–H and O–H groups in total. The molecule has 1 amide bonds. The molecule has 0 bridgehead atoms. The van der Waals surface area contributed by atoms with Crippen molar-refractivity contribution in [2.75, 3.05) is 29.9 Å². The summed E-state index contributed by atoms with van der Waals surface area (Å²) < 4.78 is 0.999. The molecular weight excluding hydrogens is 362 g/mol. The summed E-state index contributed by atoms with van der Waals surface area (Å²) in [5.74, 6) is 3.04. The monoisotopic (exact) mass is 385 g/mol. The molecule has 0 aliphatic carbocycles. The number of rotatable bonds is 5. The predicted molar refractivity (Wildman–Crippen MR) is 97.2 cm³/mol. The van der Waals surface area contributed by atoms with Gasteiger partial charge in [0.25, 0.3) is 0 Å². The van der Waals surface area contributed by atoms with Crippen LogP contribution in [0.4, 0.5) is 5.82 Å². The third kappa shape index (κ3) is 4.70. The minimum Gasteiger partial charge on any atom is -0.310 e. The smallest absolute Gasteiger partial charge is 0.231 e. The zero-order valence-corrected chi connectivity index (χ0v) is 15.9. The number of hydrogen-bond acceptors (Lipinski definition) is 4. The number of amides is 1. The standard InChI is InChI=1S/C16H24BrN3OS/c1-4-16(2,3)15(21)19-14-9-12(13(17)10-18-14)11-20-5-7-22-8-6-20/h9-10H,4-8,11H2,1-3H3,(H,18,19,21). The summed E-state index contributed by atoms with van der Waals surface area (Å²) >= 11 is 5.58. The van der Waals surface area contributed by atoms with E-state index < -0.39 is 0 Å². The van der Waals surface area contributed by atoms with Gasteiger partial charge >= 0.3 is 0 Å². The molecule has 1 saturated heterocycles. The first-order valence-corrected chi connectivity index (χ1v) is 9.63. The Morgan fingerprint density at radius 2 is 2.14 bits per heavy atom. The summed E-state index contributed by atoms with van der Waals surface area (Å²) in [6.45, 7) is 9.05. The molecule has 1 aromatic heterocycles. The van der Waals surface area contributed by atoms with E-state index in [1.807, 2.05) is 38.6 Å². The van der Waals surface area contributed by atoms with Gasteiger partial charge in [0.1, 0.15) is 5.82 Å². The van der Waals surface area contributed by atoms with E-state index in [1.165, 1.54) is 17.1 Å². The molecule has 122 valence electrons. The molecule has 2 heterocycles. The first kappa shape index (κ1) is 17.8. The third-order valence-corrected chi connectivity index (χ3v) is 5.83.